The molecule has 98 valence electrons. The Kier molecular flexibility index (Phi) is 6.88. The molecule has 0 spiro atoms. The minimum atomic E-state index is -1.17. The SMILES string of the molecule is CCCC(CNC(=O)C(N)CC(=O)O)C(=O)O. The molecule has 0 aromatic rings. The van der Waals surface area contributed by atoms with Crippen LogP contribution >= 0.6 is 0 Å². The van der Waals surface area contributed by atoms with Gasteiger partial charge in [0.05, 0.1) is 18.4 Å². The summed E-state index contributed by atoms with van der Waals surface area (Å²) in [7, 11) is 0. The molecule has 0 bridgehead atoms. The highest BCUT2D eigenvalue weighted by Crippen LogP contribution is 2.05. The number of amides is 1. The first-order valence-corrected chi connectivity index (χ1v) is 5.36. The Hall–Kier alpha value is -1.63. The third kappa shape index (κ3) is 6.52. The molecule has 0 heterocycles. The Balaban J connectivity index is 4.11. The van der Waals surface area contributed by atoms with E-state index < -0.39 is 36.2 Å². The van der Waals surface area contributed by atoms with Crippen molar-refractivity contribution in [1.82, 2.24) is 5.32 Å². The highest BCUT2D eigenvalue weighted by molar-refractivity contribution is 5.86. The van der Waals surface area contributed by atoms with Gasteiger partial charge in [0.15, 0.2) is 0 Å². The molecule has 0 saturated carbocycles. The van der Waals surface area contributed by atoms with E-state index >= 15 is 0 Å². The van der Waals surface area contributed by atoms with E-state index in [4.69, 9.17) is 15.9 Å². The van der Waals surface area contributed by atoms with Crippen molar-refractivity contribution >= 4 is 17.8 Å². The Labute approximate surface area is 99.0 Å². The molecule has 7 heteroatoms. The Morgan fingerprint density at radius 3 is 2.29 bits per heavy atom. The number of nitrogens with two attached hydrogens (primary N) is 1. The van der Waals surface area contributed by atoms with E-state index in [1.165, 1.54) is 0 Å². The highest BCUT2D eigenvalue weighted by atomic mass is 16.4. The standard InChI is InChI=1S/C10H18N2O5/c1-2-3-6(10(16)17)5-12-9(15)7(11)4-8(13)14/h6-7H,2-5,11H2,1H3,(H,12,15)(H,13,14)(H,16,17). The van der Waals surface area contributed by atoms with E-state index in [0.717, 1.165) is 0 Å². The summed E-state index contributed by atoms with van der Waals surface area (Å²) >= 11 is 0. The molecular weight excluding hydrogens is 228 g/mol. The van der Waals surface area contributed by atoms with Crippen LogP contribution in [-0.2, 0) is 14.4 Å². The minimum Gasteiger partial charge on any atom is -0.481 e. The summed E-state index contributed by atoms with van der Waals surface area (Å²) in [5, 5.41) is 19.6. The molecule has 17 heavy (non-hydrogen) atoms. The molecule has 1 amide bonds. The molecule has 2 unspecified atom stereocenters. The second kappa shape index (κ2) is 7.61. The van der Waals surface area contributed by atoms with Gasteiger partial charge in [0.25, 0.3) is 0 Å². The molecule has 0 aliphatic carbocycles. The van der Waals surface area contributed by atoms with E-state index in [1.807, 2.05) is 6.92 Å². The number of rotatable bonds is 8. The Bertz CT molecular complexity index is 292. The van der Waals surface area contributed by atoms with Crippen LogP contribution in [0.25, 0.3) is 0 Å². The summed E-state index contributed by atoms with van der Waals surface area (Å²) in [5.74, 6) is -3.47. The lowest BCUT2D eigenvalue weighted by Crippen LogP contribution is -2.44. The maximum atomic E-state index is 11.3. The number of hydrogen-bond acceptors (Lipinski definition) is 4. The molecule has 0 aromatic heterocycles. The van der Waals surface area contributed by atoms with Gasteiger partial charge in [-0.25, -0.2) is 0 Å². The summed E-state index contributed by atoms with van der Waals surface area (Å²) in [6.07, 6.45) is 0.662. The van der Waals surface area contributed by atoms with Crippen molar-refractivity contribution in [2.24, 2.45) is 11.7 Å². The zero-order valence-corrected chi connectivity index (χ0v) is 9.68. The third-order valence-corrected chi connectivity index (χ3v) is 2.24. The van der Waals surface area contributed by atoms with Gasteiger partial charge in [-0.05, 0) is 6.42 Å². The first kappa shape index (κ1) is 15.4. The van der Waals surface area contributed by atoms with Gasteiger partial charge in [-0.15, -0.1) is 0 Å². The van der Waals surface area contributed by atoms with E-state index in [0.29, 0.717) is 12.8 Å². The van der Waals surface area contributed by atoms with Crippen molar-refractivity contribution < 1.29 is 24.6 Å². The van der Waals surface area contributed by atoms with Gasteiger partial charge >= 0.3 is 11.9 Å². The fraction of sp³-hybridized carbons (Fsp3) is 0.700. The lowest BCUT2D eigenvalue weighted by Gasteiger charge is -2.14. The van der Waals surface area contributed by atoms with E-state index in [-0.39, 0.29) is 6.54 Å². The molecule has 0 rings (SSSR count). The van der Waals surface area contributed by atoms with Crippen molar-refractivity contribution in [3.63, 3.8) is 0 Å². The molecule has 2 atom stereocenters. The van der Waals surface area contributed by atoms with E-state index in [9.17, 15) is 14.4 Å². The number of carbonyl (C=O) groups is 3. The predicted octanol–water partition coefficient (Wildman–Crippen LogP) is -0.594. The van der Waals surface area contributed by atoms with Gasteiger partial charge in [0, 0.05) is 6.54 Å². The topological polar surface area (TPSA) is 130 Å². The quantitative estimate of drug-likeness (QED) is 0.452. The molecule has 0 fully saturated rings. The normalized spacial score (nSPS) is 13.8. The van der Waals surface area contributed by atoms with Gasteiger partial charge in [0.1, 0.15) is 0 Å². The second-order valence-corrected chi connectivity index (χ2v) is 3.77. The summed E-state index contributed by atoms with van der Waals surface area (Å²) < 4.78 is 0. The highest BCUT2D eigenvalue weighted by Gasteiger charge is 2.21. The zero-order valence-electron chi connectivity index (χ0n) is 9.68. The lowest BCUT2D eigenvalue weighted by molar-refractivity contribution is -0.142. The van der Waals surface area contributed by atoms with Crippen LogP contribution in [0.4, 0.5) is 0 Å². The number of carboxylic acids is 2. The number of hydrogen-bond donors (Lipinski definition) is 4. The van der Waals surface area contributed by atoms with Gasteiger partial charge < -0.3 is 21.3 Å². The zero-order chi connectivity index (χ0) is 13.4. The maximum Gasteiger partial charge on any atom is 0.308 e. The van der Waals surface area contributed by atoms with Crippen molar-refractivity contribution in [3.05, 3.63) is 0 Å². The largest absolute Gasteiger partial charge is 0.481 e. The van der Waals surface area contributed by atoms with Gasteiger partial charge in [-0.3, -0.25) is 14.4 Å². The number of carboxylic acid groups (broad SMARTS) is 2. The van der Waals surface area contributed by atoms with E-state index in [1.54, 1.807) is 0 Å². The summed E-state index contributed by atoms with van der Waals surface area (Å²) in [6.45, 7) is 1.81. The fourth-order valence-corrected chi connectivity index (χ4v) is 1.30. The molecule has 0 aliphatic rings. The van der Waals surface area contributed by atoms with Gasteiger partial charge in [-0.2, -0.15) is 0 Å². The Morgan fingerprint density at radius 2 is 1.88 bits per heavy atom. The Morgan fingerprint density at radius 1 is 1.29 bits per heavy atom. The molecular formula is C10H18N2O5. The lowest BCUT2D eigenvalue weighted by atomic mass is 10.0. The monoisotopic (exact) mass is 246 g/mol. The molecule has 5 N–H and O–H groups in total. The van der Waals surface area contributed by atoms with Crippen LogP contribution in [0.1, 0.15) is 26.2 Å². The summed E-state index contributed by atoms with van der Waals surface area (Å²) in [5.41, 5.74) is 5.31. The maximum absolute atomic E-state index is 11.3. The predicted molar refractivity (Wildman–Crippen MR) is 59.3 cm³/mol. The smallest absolute Gasteiger partial charge is 0.308 e. The summed E-state index contributed by atoms with van der Waals surface area (Å²) in [4.78, 5) is 32.4. The van der Waals surface area contributed by atoms with Crippen LogP contribution in [0.2, 0.25) is 0 Å². The second-order valence-electron chi connectivity index (χ2n) is 3.77. The molecule has 7 nitrogen and oxygen atoms in total. The van der Waals surface area contributed by atoms with Crippen LogP contribution in [0.15, 0.2) is 0 Å². The first-order chi connectivity index (χ1) is 7.88. The molecule has 0 radical (unpaired) electrons. The molecule has 0 saturated heterocycles. The fourth-order valence-electron chi connectivity index (χ4n) is 1.30. The number of aliphatic carboxylic acids is 2. The number of nitrogens with one attached hydrogen (secondary N) is 1. The molecule has 0 aromatic carbocycles. The third-order valence-electron chi connectivity index (χ3n) is 2.24. The van der Waals surface area contributed by atoms with Crippen molar-refractivity contribution in [2.45, 2.75) is 32.2 Å². The van der Waals surface area contributed by atoms with E-state index in [2.05, 4.69) is 5.32 Å². The van der Waals surface area contributed by atoms with Crippen LogP contribution in [0.5, 0.6) is 0 Å². The van der Waals surface area contributed by atoms with Crippen LogP contribution in [0, 0.1) is 5.92 Å². The number of carbonyl (C=O) groups excluding carboxylic acids is 1. The molecule has 0 aliphatic heterocycles. The van der Waals surface area contributed by atoms with Gasteiger partial charge in [-0.1, -0.05) is 13.3 Å². The average Bonchev–Trinajstić information content (AvgIpc) is 2.22. The van der Waals surface area contributed by atoms with Crippen LogP contribution in [0.3, 0.4) is 0 Å². The van der Waals surface area contributed by atoms with Crippen molar-refractivity contribution in [2.75, 3.05) is 6.54 Å². The first-order valence-electron chi connectivity index (χ1n) is 5.36. The van der Waals surface area contributed by atoms with Crippen LogP contribution < -0.4 is 11.1 Å². The minimum absolute atomic E-state index is 0.0324. The van der Waals surface area contributed by atoms with Crippen LogP contribution in [-0.4, -0.2) is 40.6 Å². The average molecular weight is 246 g/mol. The van der Waals surface area contributed by atoms with Crippen molar-refractivity contribution in [1.29, 1.82) is 0 Å². The van der Waals surface area contributed by atoms with Crippen molar-refractivity contribution in [3.8, 4) is 0 Å². The van der Waals surface area contributed by atoms with Gasteiger partial charge in [0.2, 0.25) is 5.91 Å². The summed E-state index contributed by atoms with van der Waals surface area (Å²) in [6, 6.07) is -1.15.